The van der Waals surface area contributed by atoms with E-state index in [-0.39, 0.29) is 64.6 Å². The van der Waals surface area contributed by atoms with Crippen molar-refractivity contribution in [2.75, 3.05) is 0 Å². The molecule has 0 amide bonds. The first-order chi connectivity index (χ1) is 21.9. The molecule has 3 N–H and O–H groups in total. The van der Waals surface area contributed by atoms with Crippen LogP contribution in [0.2, 0.25) is 0 Å². The zero-order valence-electron chi connectivity index (χ0n) is 28.6. The first-order valence-electron chi connectivity index (χ1n) is 16.5. The van der Waals surface area contributed by atoms with Crippen LogP contribution in [-0.4, -0.2) is 55.3 Å². The molecular weight excluding hydrogens is 600 g/mol. The molecule has 6 aliphatic rings. The van der Waals surface area contributed by atoms with E-state index in [2.05, 4.69) is 6.08 Å². The molecule has 3 heterocycles. The predicted octanol–water partition coefficient (Wildman–Crippen LogP) is 6.65. The highest BCUT2D eigenvalue weighted by Crippen LogP contribution is 2.69. The Morgan fingerprint density at radius 3 is 2.32 bits per heavy atom. The van der Waals surface area contributed by atoms with E-state index in [0.717, 1.165) is 12.0 Å². The van der Waals surface area contributed by atoms with Gasteiger partial charge >= 0.3 is 5.97 Å². The van der Waals surface area contributed by atoms with Crippen molar-refractivity contribution in [3.63, 3.8) is 0 Å². The number of aliphatic hydroxyl groups is 1. The van der Waals surface area contributed by atoms with Crippen molar-refractivity contribution >= 4 is 17.5 Å². The van der Waals surface area contributed by atoms with Crippen LogP contribution < -0.4 is 9.47 Å². The molecule has 252 valence electrons. The number of hydrogen-bond donors (Lipinski definition) is 3. The Hall–Kier alpha value is -3.69. The maximum absolute atomic E-state index is 14.8. The smallest absolute Gasteiger partial charge is 0.330 e. The number of aromatic hydroxyl groups is 1. The number of ether oxygens (including phenoxy) is 3. The summed E-state index contributed by atoms with van der Waals surface area (Å²) in [5, 5.41) is 33.0. The molecule has 0 radical (unpaired) electrons. The highest BCUT2D eigenvalue weighted by atomic mass is 16.6. The van der Waals surface area contributed by atoms with E-state index < -0.39 is 52.1 Å². The summed E-state index contributed by atoms with van der Waals surface area (Å²) in [6.45, 7) is 15.1. The summed E-state index contributed by atoms with van der Waals surface area (Å²) in [7, 11) is 0. The second-order valence-corrected chi connectivity index (χ2v) is 15.3. The van der Waals surface area contributed by atoms with Gasteiger partial charge in [0.25, 0.3) is 0 Å². The van der Waals surface area contributed by atoms with E-state index in [9.17, 15) is 29.7 Å². The molecule has 7 rings (SSSR count). The molecule has 3 aliphatic carbocycles. The summed E-state index contributed by atoms with van der Waals surface area (Å²) < 4.78 is 20.6. The highest BCUT2D eigenvalue weighted by Gasteiger charge is 2.81. The third-order valence-electron chi connectivity index (χ3n) is 10.9. The second-order valence-electron chi connectivity index (χ2n) is 15.3. The molecule has 4 bridgehead atoms. The normalized spacial score (nSPS) is 32.7. The molecule has 9 heteroatoms. The van der Waals surface area contributed by atoms with Crippen molar-refractivity contribution in [2.45, 2.75) is 122 Å². The summed E-state index contributed by atoms with van der Waals surface area (Å²) in [4.78, 5) is 40.9. The average Bonchev–Trinajstić information content (AvgIpc) is 3.11. The van der Waals surface area contributed by atoms with Crippen LogP contribution in [0.4, 0.5) is 0 Å². The largest absolute Gasteiger partial charge is 0.506 e. The molecule has 2 fully saturated rings. The number of aliphatic hydroxyl groups excluding tert-OH is 1. The summed E-state index contributed by atoms with van der Waals surface area (Å²) in [6.07, 6.45) is 8.28. The minimum absolute atomic E-state index is 0.0497. The molecule has 1 aromatic carbocycles. The standard InChI is InChI=1S/C38H46O9/c1-19(2)10-9-14-36(8)18-25(39)27-30(41)28-29(40)24-16-22-17-26-35(6,7)47-37(33(22)42,15-13-21(5)34(43)44)38(24,26)46-32(28)23(31(27)45-36)12-11-20(3)4/h10-11,13,16,22,25-26,39,41H,9,12,14-15,17-18H2,1-8H3,(H,43,44)/b21-13+/t22-,25+,26-,36-,37-,38+/m0/s1. The van der Waals surface area contributed by atoms with Gasteiger partial charge in [0.05, 0.1) is 17.3 Å². The molecule has 0 unspecified atom stereocenters. The molecule has 9 nitrogen and oxygen atoms in total. The third-order valence-corrected chi connectivity index (χ3v) is 10.9. The fourth-order valence-corrected chi connectivity index (χ4v) is 8.64. The lowest BCUT2D eigenvalue weighted by Gasteiger charge is -2.56. The van der Waals surface area contributed by atoms with Gasteiger partial charge in [0, 0.05) is 41.4 Å². The Morgan fingerprint density at radius 1 is 1.00 bits per heavy atom. The van der Waals surface area contributed by atoms with Gasteiger partial charge in [0.15, 0.2) is 22.8 Å². The summed E-state index contributed by atoms with van der Waals surface area (Å²) >= 11 is 0. The lowest BCUT2D eigenvalue weighted by atomic mass is 9.51. The second kappa shape index (κ2) is 10.9. The number of aliphatic carboxylic acids is 1. The Bertz CT molecular complexity index is 1720. The van der Waals surface area contributed by atoms with Crippen LogP contribution >= 0.6 is 0 Å². The zero-order valence-corrected chi connectivity index (χ0v) is 28.6. The zero-order chi connectivity index (χ0) is 34.4. The molecule has 1 spiro atoms. The van der Waals surface area contributed by atoms with Crippen LogP contribution in [-0.2, 0) is 20.7 Å². The van der Waals surface area contributed by atoms with Crippen LogP contribution in [0.5, 0.6) is 17.2 Å². The minimum atomic E-state index is -1.67. The molecule has 1 aromatic rings. The van der Waals surface area contributed by atoms with E-state index >= 15 is 0 Å². The third kappa shape index (κ3) is 4.75. The van der Waals surface area contributed by atoms with E-state index in [0.29, 0.717) is 18.4 Å². The lowest BCUT2D eigenvalue weighted by Crippen LogP contribution is -2.72. The Labute approximate surface area is 276 Å². The summed E-state index contributed by atoms with van der Waals surface area (Å²) in [5.41, 5.74) is -1.83. The van der Waals surface area contributed by atoms with Gasteiger partial charge in [-0.1, -0.05) is 35.5 Å². The highest BCUT2D eigenvalue weighted by molar-refractivity contribution is 6.18. The number of rotatable bonds is 8. The van der Waals surface area contributed by atoms with Gasteiger partial charge in [0.2, 0.25) is 0 Å². The molecule has 1 saturated carbocycles. The Morgan fingerprint density at radius 2 is 1.68 bits per heavy atom. The monoisotopic (exact) mass is 646 g/mol. The van der Waals surface area contributed by atoms with Crippen molar-refractivity contribution in [3.8, 4) is 17.2 Å². The number of Topliss-reactive ketones (excluding diaryl/α,β-unsaturated/α-hetero) is 2. The van der Waals surface area contributed by atoms with E-state index in [4.69, 9.17) is 14.2 Å². The number of carbonyl (C=O) groups excluding carboxylic acids is 2. The van der Waals surface area contributed by atoms with Gasteiger partial charge in [0.1, 0.15) is 28.4 Å². The molecule has 6 atom stereocenters. The first-order valence-corrected chi connectivity index (χ1v) is 16.5. The van der Waals surface area contributed by atoms with E-state index in [1.54, 1.807) is 6.08 Å². The van der Waals surface area contributed by atoms with Crippen LogP contribution in [0.3, 0.4) is 0 Å². The molecule has 47 heavy (non-hydrogen) atoms. The van der Waals surface area contributed by atoms with Crippen molar-refractivity contribution < 1.29 is 43.9 Å². The maximum Gasteiger partial charge on any atom is 0.330 e. The van der Waals surface area contributed by atoms with E-state index in [1.165, 1.54) is 18.6 Å². The van der Waals surface area contributed by atoms with E-state index in [1.807, 2.05) is 54.5 Å². The maximum atomic E-state index is 14.8. The number of phenolic OH excluding ortho intramolecular Hbond substituents is 1. The number of benzene rings is 1. The van der Waals surface area contributed by atoms with Crippen LogP contribution in [0.15, 0.2) is 46.6 Å². The number of phenols is 1. The summed E-state index contributed by atoms with van der Waals surface area (Å²) in [5.74, 6) is -2.90. The van der Waals surface area contributed by atoms with Gasteiger partial charge in [-0.05, 0) is 81.1 Å². The predicted molar refractivity (Wildman–Crippen MR) is 175 cm³/mol. The first kappa shape index (κ1) is 33.2. The quantitative estimate of drug-likeness (QED) is 0.209. The number of fused-ring (bicyclic) bond motifs is 2. The van der Waals surface area contributed by atoms with Crippen molar-refractivity contribution in [1.82, 2.24) is 0 Å². The van der Waals surface area contributed by atoms with Gasteiger partial charge in [-0.15, -0.1) is 0 Å². The van der Waals surface area contributed by atoms with Gasteiger partial charge in [-0.3, -0.25) is 9.59 Å². The molecule has 0 aromatic heterocycles. The minimum Gasteiger partial charge on any atom is -0.506 e. The lowest BCUT2D eigenvalue weighted by molar-refractivity contribution is -0.171. The fourth-order valence-electron chi connectivity index (χ4n) is 8.64. The van der Waals surface area contributed by atoms with Gasteiger partial charge < -0.3 is 29.5 Å². The molecule has 1 saturated heterocycles. The van der Waals surface area contributed by atoms with Gasteiger partial charge in [-0.2, -0.15) is 0 Å². The van der Waals surface area contributed by atoms with Crippen LogP contribution in [0.25, 0.3) is 0 Å². The summed E-state index contributed by atoms with van der Waals surface area (Å²) in [6, 6.07) is 0. The fraction of sp³-hybridized carbons (Fsp3) is 0.553. The molecule has 3 aliphatic heterocycles. The molecular formula is C38H46O9. The number of hydrogen-bond acceptors (Lipinski definition) is 8. The topological polar surface area (TPSA) is 140 Å². The van der Waals surface area contributed by atoms with Crippen LogP contribution in [0.1, 0.15) is 115 Å². The van der Waals surface area contributed by atoms with Crippen LogP contribution in [0, 0.1) is 11.8 Å². The number of carboxylic acid groups (broad SMARTS) is 1. The number of ketones is 2. The average molecular weight is 647 g/mol. The number of carbonyl (C=O) groups is 3. The SMILES string of the molecule is CC(C)=CCC[C@@]1(C)C[C@@H](O)c2c(O)c3c(c(CC=C(C)C)c2O1)O[C@]12C(=C[C@H]4C[C@H]1C(C)(C)O[C@@]2(C/C=C(\C)C(=O)O)C4=O)C3=O. The number of carboxylic acids is 1. The Kier molecular flexibility index (Phi) is 7.72. The van der Waals surface area contributed by atoms with Crippen molar-refractivity contribution in [3.05, 3.63) is 63.3 Å². The Balaban J connectivity index is 1.60. The van der Waals surface area contributed by atoms with Crippen molar-refractivity contribution in [2.24, 2.45) is 11.8 Å². The van der Waals surface area contributed by atoms with Crippen molar-refractivity contribution in [1.29, 1.82) is 0 Å². The number of allylic oxidation sites excluding steroid dienone is 5. The van der Waals surface area contributed by atoms with Gasteiger partial charge in [-0.25, -0.2) is 4.79 Å².